The fraction of sp³-hybridized carbons (Fsp3) is 0.474. The van der Waals surface area contributed by atoms with E-state index < -0.39 is 5.60 Å². The van der Waals surface area contributed by atoms with E-state index in [0.717, 1.165) is 17.5 Å². The number of nitrogens with zero attached hydrogens (tertiary/aromatic N) is 4. The first-order valence-corrected chi connectivity index (χ1v) is 8.78. The molecule has 7 heteroatoms. The lowest BCUT2D eigenvalue weighted by atomic mass is 9.90. The summed E-state index contributed by atoms with van der Waals surface area (Å²) in [4.78, 5) is 16.5. The van der Waals surface area contributed by atoms with Gasteiger partial charge in [0, 0.05) is 45.0 Å². The first-order chi connectivity index (χ1) is 12.4. The third-order valence-corrected chi connectivity index (χ3v) is 4.73. The number of carbonyl (C=O) groups excluding carboxylic acids is 1. The molecule has 1 aromatic heterocycles. The average Bonchev–Trinajstić information content (AvgIpc) is 2.98. The van der Waals surface area contributed by atoms with E-state index in [1.165, 1.54) is 12.1 Å². The Balaban J connectivity index is 1.64. The second-order valence-corrected chi connectivity index (χ2v) is 7.18. The van der Waals surface area contributed by atoms with Crippen molar-refractivity contribution in [2.24, 2.45) is 7.05 Å². The number of amides is 1. The van der Waals surface area contributed by atoms with Gasteiger partial charge in [-0.1, -0.05) is 12.1 Å². The fourth-order valence-electron chi connectivity index (χ4n) is 3.54. The highest BCUT2D eigenvalue weighted by Gasteiger charge is 2.42. The molecule has 1 saturated heterocycles. The standard InChI is InChI=1S/C19H25FN4O2/c1-22(11-16-10-21-23(2)12-16)14-19(26)8-3-9-24(18(19)25)13-15-4-6-17(20)7-5-15/h4-7,10,12,26H,3,8-9,11,13-14H2,1-2H3. The van der Waals surface area contributed by atoms with E-state index in [1.807, 2.05) is 25.2 Å². The second-order valence-electron chi connectivity index (χ2n) is 7.18. The van der Waals surface area contributed by atoms with Crippen LogP contribution >= 0.6 is 0 Å². The highest BCUT2D eigenvalue weighted by atomic mass is 19.1. The highest BCUT2D eigenvalue weighted by Crippen LogP contribution is 2.25. The van der Waals surface area contributed by atoms with Crippen LogP contribution in [0.2, 0.25) is 0 Å². The Morgan fingerprint density at radius 2 is 2.04 bits per heavy atom. The minimum atomic E-state index is -1.39. The first-order valence-electron chi connectivity index (χ1n) is 8.78. The van der Waals surface area contributed by atoms with Gasteiger partial charge in [0.2, 0.25) is 0 Å². The minimum Gasteiger partial charge on any atom is -0.379 e. The molecule has 1 N–H and O–H groups in total. The van der Waals surface area contributed by atoms with Crippen LogP contribution in [0.4, 0.5) is 4.39 Å². The van der Waals surface area contributed by atoms with E-state index in [0.29, 0.717) is 26.1 Å². The highest BCUT2D eigenvalue weighted by molar-refractivity contribution is 5.86. The molecule has 2 heterocycles. The maximum Gasteiger partial charge on any atom is 0.256 e. The summed E-state index contributed by atoms with van der Waals surface area (Å²) in [7, 11) is 3.74. The number of hydrogen-bond acceptors (Lipinski definition) is 4. The van der Waals surface area contributed by atoms with Gasteiger partial charge in [-0.15, -0.1) is 0 Å². The van der Waals surface area contributed by atoms with Crippen molar-refractivity contribution in [1.29, 1.82) is 0 Å². The number of benzene rings is 1. The molecule has 0 spiro atoms. The predicted molar refractivity (Wildman–Crippen MR) is 95.5 cm³/mol. The Hall–Kier alpha value is -2.25. The van der Waals surface area contributed by atoms with Gasteiger partial charge in [0.25, 0.3) is 5.91 Å². The molecule has 3 rings (SSSR count). The van der Waals surface area contributed by atoms with Crippen LogP contribution in [0, 0.1) is 5.82 Å². The maximum atomic E-state index is 13.1. The molecule has 6 nitrogen and oxygen atoms in total. The molecule has 1 unspecified atom stereocenters. The van der Waals surface area contributed by atoms with Gasteiger partial charge in [-0.25, -0.2) is 4.39 Å². The van der Waals surface area contributed by atoms with E-state index >= 15 is 0 Å². The van der Waals surface area contributed by atoms with E-state index in [-0.39, 0.29) is 18.3 Å². The lowest BCUT2D eigenvalue weighted by Crippen LogP contribution is -2.57. The molecule has 140 valence electrons. The van der Waals surface area contributed by atoms with Crippen LogP contribution in [0.5, 0.6) is 0 Å². The smallest absolute Gasteiger partial charge is 0.256 e. The van der Waals surface area contributed by atoms with Crippen molar-refractivity contribution >= 4 is 5.91 Å². The second kappa shape index (κ2) is 7.55. The van der Waals surface area contributed by atoms with Crippen LogP contribution in [0.1, 0.15) is 24.0 Å². The fourth-order valence-corrected chi connectivity index (χ4v) is 3.54. The van der Waals surface area contributed by atoms with Gasteiger partial charge in [0.15, 0.2) is 5.60 Å². The van der Waals surface area contributed by atoms with E-state index in [4.69, 9.17) is 0 Å². The third-order valence-electron chi connectivity index (χ3n) is 4.73. The van der Waals surface area contributed by atoms with E-state index in [2.05, 4.69) is 5.10 Å². The normalized spacial score (nSPS) is 20.8. The molecule has 1 atom stereocenters. The molecule has 2 aromatic rings. The van der Waals surface area contributed by atoms with Crippen LogP contribution in [0.25, 0.3) is 0 Å². The molecule has 0 saturated carbocycles. The van der Waals surface area contributed by atoms with Crippen molar-refractivity contribution in [1.82, 2.24) is 19.6 Å². The summed E-state index contributed by atoms with van der Waals surface area (Å²) >= 11 is 0. The van der Waals surface area contributed by atoms with Gasteiger partial charge in [-0.3, -0.25) is 14.4 Å². The zero-order valence-electron chi connectivity index (χ0n) is 15.2. The number of likely N-dealkylation sites (tertiary alicyclic amines) is 1. The van der Waals surface area contributed by atoms with Gasteiger partial charge < -0.3 is 10.0 Å². The topological polar surface area (TPSA) is 61.6 Å². The third kappa shape index (κ3) is 4.28. The van der Waals surface area contributed by atoms with Gasteiger partial charge in [-0.2, -0.15) is 5.10 Å². The van der Waals surface area contributed by atoms with Gasteiger partial charge >= 0.3 is 0 Å². The molecule has 0 aliphatic carbocycles. The molecule has 1 aromatic carbocycles. The number of hydrogen-bond donors (Lipinski definition) is 1. The Morgan fingerprint density at radius 1 is 1.31 bits per heavy atom. The van der Waals surface area contributed by atoms with Crippen LogP contribution in [0.3, 0.4) is 0 Å². The minimum absolute atomic E-state index is 0.258. The van der Waals surface area contributed by atoms with Crippen molar-refractivity contribution in [3.63, 3.8) is 0 Å². The predicted octanol–water partition coefficient (Wildman–Crippen LogP) is 1.54. The zero-order chi connectivity index (χ0) is 18.7. The van der Waals surface area contributed by atoms with Crippen molar-refractivity contribution in [3.05, 3.63) is 53.6 Å². The molecule has 1 aliphatic heterocycles. The number of likely N-dealkylation sites (N-methyl/N-ethyl adjacent to an activating group) is 1. The maximum absolute atomic E-state index is 13.1. The summed E-state index contributed by atoms with van der Waals surface area (Å²) in [5.74, 6) is -0.557. The summed E-state index contributed by atoms with van der Waals surface area (Å²) in [5.41, 5.74) is 0.493. The summed E-state index contributed by atoms with van der Waals surface area (Å²) in [6, 6.07) is 6.12. The molecule has 1 amide bonds. The number of piperidine rings is 1. The molecular formula is C19H25FN4O2. The summed E-state index contributed by atoms with van der Waals surface area (Å²) in [5, 5.41) is 15.1. The Labute approximate surface area is 152 Å². The van der Waals surface area contributed by atoms with Crippen LogP contribution in [-0.4, -0.2) is 56.3 Å². The molecule has 1 fully saturated rings. The molecule has 0 radical (unpaired) electrons. The van der Waals surface area contributed by atoms with Crippen LogP contribution in [0.15, 0.2) is 36.7 Å². The Kier molecular flexibility index (Phi) is 5.38. The summed E-state index contributed by atoms with van der Waals surface area (Å²) in [6.45, 7) is 1.86. The molecule has 26 heavy (non-hydrogen) atoms. The molecular weight excluding hydrogens is 335 g/mol. The number of aryl methyl sites for hydroxylation is 1. The van der Waals surface area contributed by atoms with Gasteiger partial charge in [0.05, 0.1) is 6.20 Å². The summed E-state index contributed by atoms with van der Waals surface area (Å²) < 4.78 is 14.8. The monoisotopic (exact) mass is 360 g/mol. The lowest BCUT2D eigenvalue weighted by Gasteiger charge is -2.40. The van der Waals surface area contributed by atoms with Crippen molar-refractivity contribution in [2.45, 2.75) is 31.5 Å². The Bertz CT molecular complexity index is 761. The van der Waals surface area contributed by atoms with Gasteiger partial charge in [-0.05, 0) is 37.6 Å². The van der Waals surface area contributed by atoms with Crippen molar-refractivity contribution in [2.75, 3.05) is 20.1 Å². The van der Waals surface area contributed by atoms with Gasteiger partial charge in [0.1, 0.15) is 5.82 Å². The van der Waals surface area contributed by atoms with Crippen molar-refractivity contribution < 1.29 is 14.3 Å². The first kappa shape index (κ1) is 18.5. The van der Waals surface area contributed by atoms with Crippen LogP contribution < -0.4 is 0 Å². The SMILES string of the molecule is CN(Cc1cnn(C)c1)CC1(O)CCCN(Cc2ccc(F)cc2)C1=O. The molecule has 0 bridgehead atoms. The number of rotatable bonds is 6. The van der Waals surface area contributed by atoms with E-state index in [9.17, 15) is 14.3 Å². The van der Waals surface area contributed by atoms with Crippen molar-refractivity contribution in [3.8, 4) is 0 Å². The number of aromatic nitrogens is 2. The average molecular weight is 360 g/mol. The van der Waals surface area contributed by atoms with E-state index in [1.54, 1.807) is 27.9 Å². The zero-order valence-corrected chi connectivity index (χ0v) is 15.2. The Morgan fingerprint density at radius 3 is 2.69 bits per heavy atom. The quantitative estimate of drug-likeness (QED) is 0.849. The van der Waals surface area contributed by atoms with Crippen LogP contribution in [-0.2, 0) is 24.9 Å². The molecule has 1 aliphatic rings. The summed E-state index contributed by atoms with van der Waals surface area (Å²) in [6.07, 6.45) is 4.89. The number of carbonyl (C=O) groups is 1. The largest absolute Gasteiger partial charge is 0.379 e. The number of aliphatic hydroxyl groups is 1. The lowest BCUT2D eigenvalue weighted by molar-refractivity contribution is -0.160. The number of halogens is 1.